The smallest absolute Gasteiger partial charge is 0.242 e. The van der Waals surface area contributed by atoms with Gasteiger partial charge in [0.1, 0.15) is 0 Å². The van der Waals surface area contributed by atoms with Gasteiger partial charge < -0.3 is 16.0 Å². The maximum atomic E-state index is 12.3. The third-order valence-corrected chi connectivity index (χ3v) is 5.23. The molecule has 0 radical (unpaired) electrons. The third kappa shape index (κ3) is 5.34. The van der Waals surface area contributed by atoms with Gasteiger partial charge in [-0.3, -0.25) is 4.79 Å². The molecule has 0 saturated heterocycles. The first-order valence-corrected chi connectivity index (χ1v) is 8.85. The van der Waals surface area contributed by atoms with Gasteiger partial charge in [0.15, 0.2) is 0 Å². The number of nitrogens with one attached hydrogen (secondary N) is 1. The van der Waals surface area contributed by atoms with Crippen LogP contribution >= 0.6 is 12.4 Å². The number of sulfonamides is 1. The van der Waals surface area contributed by atoms with Gasteiger partial charge in [-0.2, -0.15) is 0 Å². The third-order valence-electron chi connectivity index (χ3n) is 3.42. The van der Waals surface area contributed by atoms with E-state index in [0.717, 1.165) is 10.7 Å². The van der Waals surface area contributed by atoms with Crippen molar-refractivity contribution in [3.8, 4) is 0 Å². The second-order valence-electron chi connectivity index (χ2n) is 5.75. The van der Waals surface area contributed by atoms with Crippen molar-refractivity contribution >= 4 is 39.7 Å². The fourth-order valence-corrected chi connectivity index (χ4v) is 2.97. The van der Waals surface area contributed by atoms with E-state index in [1.165, 1.54) is 26.2 Å². The molecule has 1 aromatic carbocycles. The number of nitrogens with zero attached hydrogens (tertiary/aromatic N) is 2. The quantitative estimate of drug-likeness (QED) is 0.749. The minimum absolute atomic E-state index is 0. The molecule has 0 spiro atoms. The number of carbonyl (C=O) groups is 1. The molecule has 1 aromatic rings. The standard InChI is InChI=1S/C15H26N4O3S.ClH/c1-6-7-12(16)15(20)17-13-10-11(23(21,22)19(4)5)8-9-14(13)18(2)3;/h8-10,12H,6-7,16H2,1-5H3,(H,17,20);1H. The van der Waals surface area contributed by atoms with E-state index in [4.69, 9.17) is 5.73 Å². The van der Waals surface area contributed by atoms with Gasteiger partial charge in [-0.25, -0.2) is 12.7 Å². The number of anilines is 2. The molecule has 0 aliphatic heterocycles. The van der Waals surface area contributed by atoms with Gasteiger partial charge in [-0.1, -0.05) is 13.3 Å². The van der Waals surface area contributed by atoms with Crippen LogP contribution in [0.1, 0.15) is 19.8 Å². The van der Waals surface area contributed by atoms with E-state index in [0.29, 0.717) is 17.8 Å². The zero-order valence-corrected chi connectivity index (χ0v) is 16.4. The lowest BCUT2D eigenvalue weighted by Gasteiger charge is -2.21. The van der Waals surface area contributed by atoms with Crippen LogP contribution < -0.4 is 16.0 Å². The maximum Gasteiger partial charge on any atom is 0.242 e. The summed E-state index contributed by atoms with van der Waals surface area (Å²) >= 11 is 0. The summed E-state index contributed by atoms with van der Waals surface area (Å²) in [6.45, 7) is 1.95. The molecule has 9 heteroatoms. The van der Waals surface area contributed by atoms with E-state index in [2.05, 4.69) is 5.32 Å². The molecule has 1 atom stereocenters. The van der Waals surface area contributed by atoms with Gasteiger partial charge in [0, 0.05) is 28.2 Å². The molecule has 24 heavy (non-hydrogen) atoms. The van der Waals surface area contributed by atoms with E-state index in [1.54, 1.807) is 11.0 Å². The van der Waals surface area contributed by atoms with Gasteiger partial charge in [0.2, 0.25) is 15.9 Å². The molecule has 0 aromatic heterocycles. The Morgan fingerprint density at radius 2 is 1.83 bits per heavy atom. The minimum atomic E-state index is -3.58. The van der Waals surface area contributed by atoms with Gasteiger partial charge in [-0.15, -0.1) is 12.4 Å². The van der Waals surface area contributed by atoms with Crippen molar-refractivity contribution in [3.63, 3.8) is 0 Å². The average Bonchev–Trinajstić information content (AvgIpc) is 2.46. The van der Waals surface area contributed by atoms with Gasteiger partial charge >= 0.3 is 0 Å². The first kappa shape index (κ1) is 22.6. The van der Waals surface area contributed by atoms with Crippen LogP contribution in [0.3, 0.4) is 0 Å². The Kier molecular flexibility index (Phi) is 8.70. The van der Waals surface area contributed by atoms with E-state index in [9.17, 15) is 13.2 Å². The van der Waals surface area contributed by atoms with Crippen molar-refractivity contribution in [1.82, 2.24) is 4.31 Å². The Bertz CT molecular complexity index is 663. The number of rotatable bonds is 7. The van der Waals surface area contributed by atoms with E-state index < -0.39 is 16.1 Å². The fraction of sp³-hybridized carbons (Fsp3) is 0.533. The summed E-state index contributed by atoms with van der Waals surface area (Å²) in [5, 5.41) is 2.74. The summed E-state index contributed by atoms with van der Waals surface area (Å²) in [6.07, 6.45) is 1.36. The zero-order valence-electron chi connectivity index (χ0n) is 14.7. The molecule has 0 heterocycles. The van der Waals surface area contributed by atoms with Crippen LogP contribution in [0.5, 0.6) is 0 Å². The Morgan fingerprint density at radius 1 is 1.25 bits per heavy atom. The number of halogens is 1. The Labute approximate surface area is 150 Å². The highest BCUT2D eigenvalue weighted by atomic mass is 35.5. The Morgan fingerprint density at radius 3 is 2.29 bits per heavy atom. The summed E-state index contributed by atoms with van der Waals surface area (Å²) in [6, 6.07) is 4.02. The van der Waals surface area contributed by atoms with Crippen LogP contribution in [0, 0.1) is 0 Å². The van der Waals surface area contributed by atoms with Crippen LogP contribution in [0.2, 0.25) is 0 Å². The highest BCUT2D eigenvalue weighted by Gasteiger charge is 2.21. The highest BCUT2D eigenvalue weighted by molar-refractivity contribution is 7.89. The lowest BCUT2D eigenvalue weighted by Crippen LogP contribution is -2.35. The van der Waals surface area contributed by atoms with Crippen LogP contribution in [0.15, 0.2) is 23.1 Å². The largest absolute Gasteiger partial charge is 0.376 e. The Hall–Kier alpha value is -1.35. The topological polar surface area (TPSA) is 95.7 Å². The minimum Gasteiger partial charge on any atom is -0.376 e. The van der Waals surface area contributed by atoms with Crippen molar-refractivity contribution in [3.05, 3.63) is 18.2 Å². The number of amides is 1. The summed E-state index contributed by atoms with van der Waals surface area (Å²) in [5.41, 5.74) is 6.96. The average molecular weight is 379 g/mol. The predicted molar refractivity (Wildman–Crippen MR) is 100 cm³/mol. The van der Waals surface area contributed by atoms with Crippen LogP contribution in [-0.4, -0.2) is 52.9 Å². The molecule has 0 aliphatic rings. The summed E-state index contributed by atoms with van der Waals surface area (Å²) in [4.78, 5) is 14.1. The zero-order chi connectivity index (χ0) is 17.8. The second-order valence-corrected chi connectivity index (χ2v) is 7.90. The molecule has 3 N–H and O–H groups in total. The maximum absolute atomic E-state index is 12.3. The lowest BCUT2D eigenvalue weighted by atomic mass is 10.1. The molecule has 138 valence electrons. The predicted octanol–water partition coefficient (Wildman–Crippen LogP) is 1.49. The fourth-order valence-electron chi connectivity index (χ4n) is 2.04. The first-order valence-electron chi connectivity index (χ1n) is 7.41. The normalized spacial score (nSPS) is 12.5. The van der Waals surface area contributed by atoms with Crippen LogP contribution in [0.25, 0.3) is 0 Å². The van der Waals surface area contributed by atoms with E-state index in [-0.39, 0.29) is 23.2 Å². The number of hydrogen-bond acceptors (Lipinski definition) is 5. The van der Waals surface area contributed by atoms with Crippen molar-refractivity contribution in [2.24, 2.45) is 5.73 Å². The van der Waals surface area contributed by atoms with E-state index >= 15 is 0 Å². The van der Waals surface area contributed by atoms with Crippen molar-refractivity contribution in [2.75, 3.05) is 38.4 Å². The summed E-state index contributed by atoms with van der Waals surface area (Å²) < 4.78 is 25.7. The molecule has 1 rings (SSSR count). The summed E-state index contributed by atoms with van der Waals surface area (Å²) in [5.74, 6) is -0.325. The van der Waals surface area contributed by atoms with Gasteiger partial charge in [0.05, 0.1) is 22.3 Å². The molecule has 0 fully saturated rings. The van der Waals surface area contributed by atoms with Crippen LogP contribution in [-0.2, 0) is 14.8 Å². The van der Waals surface area contributed by atoms with Crippen LogP contribution in [0.4, 0.5) is 11.4 Å². The van der Waals surface area contributed by atoms with Crippen molar-refractivity contribution in [1.29, 1.82) is 0 Å². The first-order chi connectivity index (χ1) is 10.6. The Balaban J connectivity index is 0.00000529. The molecule has 7 nitrogen and oxygen atoms in total. The number of benzene rings is 1. The molecule has 0 aliphatic carbocycles. The number of hydrogen-bond donors (Lipinski definition) is 2. The van der Waals surface area contributed by atoms with Crippen molar-refractivity contribution in [2.45, 2.75) is 30.7 Å². The van der Waals surface area contributed by atoms with Gasteiger partial charge in [-0.05, 0) is 24.6 Å². The monoisotopic (exact) mass is 378 g/mol. The second kappa shape index (κ2) is 9.22. The molecular formula is C15H27ClN4O3S. The van der Waals surface area contributed by atoms with Gasteiger partial charge in [0.25, 0.3) is 0 Å². The SMILES string of the molecule is CCCC(N)C(=O)Nc1cc(S(=O)(=O)N(C)C)ccc1N(C)C.Cl. The molecule has 0 saturated carbocycles. The summed E-state index contributed by atoms with van der Waals surface area (Å²) in [7, 11) is 2.98. The highest BCUT2D eigenvalue weighted by Crippen LogP contribution is 2.28. The molecule has 0 bridgehead atoms. The lowest BCUT2D eigenvalue weighted by molar-refractivity contribution is -0.117. The molecule has 1 amide bonds. The number of nitrogens with two attached hydrogens (primary N) is 1. The van der Waals surface area contributed by atoms with Crippen molar-refractivity contribution < 1.29 is 13.2 Å². The molecular weight excluding hydrogens is 352 g/mol. The van der Waals surface area contributed by atoms with E-state index in [1.807, 2.05) is 21.0 Å². The number of carbonyl (C=O) groups excluding carboxylic acids is 1. The molecule has 1 unspecified atom stereocenters.